The van der Waals surface area contributed by atoms with Gasteiger partial charge in [-0.15, -0.1) is 0 Å². The molecule has 0 heterocycles. The Morgan fingerprint density at radius 1 is 0.423 bits per heavy atom. The number of aromatic hydroxyl groups is 2. The molecule has 2 aromatic rings. The number of carbonyl (C=O) groups is 2. The molecular weight excluding hydrogens is 1040 g/mol. The van der Waals surface area contributed by atoms with E-state index in [-0.39, 0.29) is 147 Å². The molecule has 7 N–H and O–H groups in total. The number of hydrogen-bond donors (Lipinski definition) is 7. The van der Waals surface area contributed by atoms with Crippen LogP contribution in [0.25, 0.3) is 0 Å². The third-order valence-corrected chi connectivity index (χ3v) is 7.59. The molecule has 0 aliphatic heterocycles. The van der Waals surface area contributed by atoms with Crippen molar-refractivity contribution in [2.24, 2.45) is 0 Å². The van der Waals surface area contributed by atoms with Crippen molar-refractivity contribution in [1.29, 1.82) is 0 Å². The molecule has 0 amide bonds. The monoisotopic (exact) mass is 1110 g/mol. The van der Waals surface area contributed by atoms with Crippen LogP contribution in [0.5, 0.6) is 11.5 Å². The van der Waals surface area contributed by atoms with Gasteiger partial charge in [0.15, 0.2) is 0 Å². The molecule has 12 heteroatoms. The van der Waals surface area contributed by atoms with Crippen LogP contribution in [0, 0.1) is 0 Å². The number of unbranched alkanes of at least 4 members (excludes halogenated alkanes) is 17. The maximum atomic E-state index is 9.58. The summed E-state index contributed by atoms with van der Waals surface area (Å²) in [5, 5.41) is 55.5. The fraction of sp³-hybridized carbons (Fsp3) is 0.650. The predicted octanol–water partition coefficient (Wildman–Crippen LogP) is 9.41. The van der Waals surface area contributed by atoms with Gasteiger partial charge in [-0.2, -0.15) is 0 Å². The zero-order chi connectivity index (χ0) is 37.4. The zero-order valence-corrected chi connectivity index (χ0v) is 30.8. The Kier molecular flexibility index (Phi) is 68.1. The summed E-state index contributed by atoms with van der Waals surface area (Å²) in [6.45, 7) is 7.08. The number of aliphatic hydroxyl groups excluding tert-OH is 1. The number of phenolic OH excluding ortho intramolecular Hbond substituents is 2. The number of aliphatic hydroxyl groups is 1. The summed E-state index contributed by atoms with van der Waals surface area (Å²) in [5.74, 6) is 0.905. The second-order valence-electron chi connectivity index (χ2n) is 12.1. The Bertz CT molecular complexity index is 913. The minimum absolute atomic E-state index is 0. The van der Waals surface area contributed by atoms with Crippen molar-refractivity contribution in [2.75, 3.05) is 6.61 Å². The molecule has 0 radical (unpaired) electrons. The fourth-order valence-corrected chi connectivity index (χ4v) is 4.88. The molecule has 0 fully saturated rings. The standard InChI is InChI=1S/2C15H24O.C8H18O.2CH2O3.3Ba.6H/c2*1-2-3-4-5-6-7-8-11-14-12-9-10-13-15(14)16;1-2-3-4-5-6-7-8-9;2*2-1(3)4;;;;;;;;;/h2*9-10,12-13,16H,2-8,11H2,1H3;9H,2-8H2,1H3;2*(H2,2,3,4);;;;;;;;;. The molecule has 0 spiro atoms. The minimum atomic E-state index is -1.83. The van der Waals surface area contributed by atoms with Crippen LogP contribution in [0.15, 0.2) is 48.5 Å². The van der Waals surface area contributed by atoms with E-state index in [0.717, 1.165) is 30.4 Å². The van der Waals surface area contributed by atoms with Crippen molar-refractivity contribution < 1.29 is 45.3 Å². The molecule has 0 aromatic heterocycles. The average molecular weight is 1110 g/mol. The normalized spacial score (nSPS) is 9.15. The van der Waals surface area contributed by atoms with E-state index in [0.29, 0.717) is 18.1 Å². The van der Waals surface area contributed by atoms with E-state index in [1.54, 1.807) is 12.1 Å². The molecule has 0 atom stereocenters. The number of benzene rings is 2. The second-order valence-corrected chi connectivity index (χ2v) is 12.1. The summed E-state index contributed by atoms with van der Waals surface area (Å²) in [6.07, 6.45) is 24.4. The Hall–Kier alpha value is 1.25. The average Bonchev–Trinajstić information content (AvgIpc) is 3.06. The van der Waals surface area contributed by atoms with Gasteiger partial charge in [-0.1, -0.05) is 166 Å². The summed E-state index contributed by atoms with van der Waals surface area (Å²) in [6, 6.07) is 15.3. The van der Waals surface area contributed by atoms with E-state index in [4.69, 9.17) is 35.1 Å². The molecule has 0 unspecified atom stereocenters. The van der Waals surface area contributed by atoms with Gasteiger partial charge in [0.2, 0.25) is 0 Å². The van der Waals surface area contributed by atoms with Gasteiger partial charge in [0.1, 0.15) is 11.5 Å². The second kappa shape index (κ2) is 54.4. The van der Waals surface area contributed by atoms with Crippen LogP contribution in [0.1, 0.15) is 160 Å². The molecule has 2 aromatic carbocycles. The zero-order valence-electron chi connectivity index (χ0n) is 30.8. The van der Waals surface area contributed by atoms with Crippen molar-refractivity contribution in [1.82, 2.24) is 0 Å². The first-order valence-electron chi connectivity index (χ1n) is 18.5. The van der Waals surface area contributed by atoms with Crippen LogP contribution >= 0.6 is 0 Å². The molecule has 52 heavy (non-hydrogen) atoms. The van der Waals surface area contributed by atoms with Crippen LogP contribution in [0.4, 0.5) is 9.59 Å². The Balaban J connectivity index is -0.000000138. The number of para-hydroxylation sites is 2. The van der Waals surface area contributed by atoms with Gasteiger partial charge in [0.25, 0.3) is 0 Å². The van der Waals surface area contributed by atoms with E-state index >= 15 is 0 Å². The van der Waals surface area contributed by atoms with Crippen molar-refractivity contribution in [2.45, 2.75) is 162 Å². The first-order valence-corrected chi connectivity index (χ1v) is 18.5. The van der Waals surface area contributed by atoms with E-state index in [1.165, 1.54) is 122 Å². The maximum absolute atomic E-state index is 9.58. The predicted molar refractivity (Wildman–Crippen MR) is 227 cm³/mol. The fourth-order valence-electron chi connectivity index (χ4n) is 4.88. The topological polar surface area (TPSA) is 176 Å². The number of carboxylic acid groups (broad SMARTS) is 4. The third kappa shape index (κ3) is 58.0. The van der Waals surface area contributed by atoms with Crippen LogP contribution in [-0.2, 0) is 12.8 Å². The summed E-state index contributed by atoms with van der Waals surface area (Å²) < 4.78 is 0. The molecule has 0 aliphatic carbocycles. The van der Waals surface area contributed by atoms with Gasteiger partial charge >= 0.3 is 159 Å². The quantitative estimate of drug-likeness (QED) is 0.0448. The van der Waals surface area contributed by atoms with Crippen LogP contribution in [0.2, 0.25) is 0 Å². The molecule has 0 saturated heterocycles. The van der Waals surface area contributed by atoms with E-state index in [9.17, 15) is 10.2 Å². The van der Waals surface area contributed by atoms with Crippen molar-refractivity contribution in [3.8, 4) is 11.5 Å². The summed E-state index contributed by atoms with van der Waals surface area (Å²) in [4.78, 5) is 17.1. The van der Waals surface area contributed by atoms with Crippen molar-refractivity contribution >= 4 is 159 Å². The molecular formula is C40H76Ba3O9. The van der Waals surface area contributed by atoms with E-state index < -0.39 is 12.3 Å². The summed E-state index contributed by atoms with van der Waals surface area (Å²) in [7, 11) is 0. The van der Waals surface area contributed by atoms with Gasteiger partial charge < -0.3 is 35.7 Å². The SMILES string of the molecule is CCCCCCCCCc1ccccc1O.CCCCCCCCCc1ccccc1O.CCCCCCCCO.O=C(O)O.O=C(O)O.[BaH2].[BaH2].[BaH2]. The summed E-state index contributed by atoms with van der Waals surface area (Å²) >= 11 is 0. The van der Waals surface area contributed by atoms with Gasteiger partial charge in [-0.25, -0.2) is 9.59 Å². The Morgan fingerprint density at radius 2 is 0.654 bits per heavy atom. The Labute approximate surface area is 436 Å². The molecule has 0 saturated carbocycles. The van der Waals surface area contributed by atoms with Crippen molar-refractivity contribution in [3.63, 3.8) is 0 Å². The number of aryl methyl sites for hydroxylation is 2. The van der Waals surface area contributed by atoms with Gasteiger partial charge in [0.05, 0.1) is 0 Å². The van der Waals surface area contributed by atoms with E-state index in [1.807, 2.05) is 36.4 Å². The number of hydrogen-bond acceptors (Lipinski definition) is 5. The molecule has 2 rings (SSSR count). The van der Waals surface area contributed by atoms with Crippen LogP contribution in [0.3, 0.4) is 0 Å². The Morgan fingerprint density at radius 3 is 0.904 bits per heavy atom. The van der Waals surface area contributed by atoms with Crippen molar-refractivity contribution in [3.05, 3.63) is 59.7 Å². The first kappa shape index (κ1) is 65.1. The van der Waals surface area contributed by atoms with Crippen LogP contribution < -0.4 is 0 Å². The summed E-state index contributed by atoms with van der Waals surface area (Å²) in [5.41, 5.74) is 2.19. The number of rotatable bonds is 22. The molecule has 0 aliphatic rings. The van der Waals surface area contributed by atoms with Crippen LogP contribution in [-0.4, -0.2) is 201 Å². The number of phenols is 2. The van der Waals surface area contributed by atoms with Gasteiger partial charge in [0, 0.05) is 6.61 Å². The van der Waals surface area contributed by atoms with Gasteiger partial charge in [-0.3, -0.25) is 0 Å². The first-order chi connectivity index (χ1) is 23.6. The van der Waals surface area contributed by atoms with Gasteiger partial charge in [-0.05, 0) is 55.4 Å². The molecule has 9 nitrogen and oxygen atoms in total. The molecule has 296 valence electrons. The third-order valence-electron chi connectivity index (χ3n) is 7.59. The molecule has 0 bridgehead atoms. The van der Waals surface area contributed by atoms with E-state index in [2.05, 4.69) is 20.8 Å².